The number of nitrogens with one attached hydrogen (secondary N) is 1. The van der Waals surface area contributed by atoms with Crippen molar-refractivity contribution >= 4 is 23.2 Å². The molecule has 0 aliphatic carbocycles. The van der Waals surface area contributed by atoms with Gasteiger partial charge < -0.3 is 10.1 Å². The first-order valence-corrected chi connectivity index (χ1v) is 7.48. The van der Waals surface area contributed by atoms with Crippen LogP contribution >= 0.6 is 23.2 Å². The molecule has 2 rings (SSSR count). The fourth-order valence-corrected chi connectivity index (χ4v) is 2.73. The SMILES string of the molecule is CCCNC(C1=CCCCO1)c1cc(Cl)cc(Cl)c1. The zero-order valence-electron chi connectivity index (χ0n) is 11.1. The Morgan fingerprint density at radius 1 is 1.26 bits per heavy atom. The molecule has 0 bridgehead atoms. The van der Waals surface area contributed by atoms with Gasteiger partial charge in [0, 0.05) is 10.0 Å². The molecular formula is C15H19Cl2NO. The fourth-order valence-electron chi connectivity index (χ4n) is 2.19. The average molecular weight is 300 g/mol. The monoisotopic (exact) mass is 299 g/mol. The lowest BCUT2D eigenvalue weighted by atomic mass is 10.0. The van der Waals surface area contributed by atoms with Crippen LogP contribution in [-0.2, 0) is 4.74 Å². The fraction of sp³-hybridized carbons (Fsp3) is 0.467. The van der Waals surface area contributed by atoms with Crippen molar-refractivity contribution in [3.63, 3.8) is 0 Å². The first-order chi connectivity index (χ1) is 9.20. The minimum Gasteiger partial charge on any atom is -0.496 e. The van der Waals surface area contributed by atoms with Gasteiger partial charge >= 0.3 is 0 Å². The van der Waals surface area contributed by atoms with Crippen LogP contribution in [0.2, 0.25) is 10.0 Å². The lowest BCUT2D eigenvalue weighted by Crippen LogP contribution is -2.26. The van der Waals surface area contributed by atoms with Crippen molar-refractivity contribution in [2.45, 2.75) is 32.2 Å². The van der Waals surface area contributed by atoms with Crippen molar-refractivity contribution in [3.8, 4) is 0 Å². The van der Waals surface area contributed by atoms with Crippen LogP contribution in [-0.4, -0.2) is 13.2 Å². The van der Waals surface area contributed by atoms with Crippen molar-refractivity contribution in [2.75, 3.05) is 13.2 Å². The molecule has 2 nitrogen and oxygen atoms in total. The maximum Gasteiger partial charge on any atom is 0.113 e. The quantitative estimate of drug-likeness (QED) is 0.849. The van der Waals surface area contributed by atoms with Gasteiger partial charge in [-0.3, -0.25) is 0 Å². The second-order valence-electron chi connectivity index (χ2n) is 4.69. The average Bonchev–Trinajstić information content (AvgIpc) is 2.39. The third-order valence-electron chi connectivity index (χ3n) is 3.06. The van der Waals surface area contributed by atoms with Gasteiger partial charge in [0.1, 0.15) is 5.76 Å². The summed E-state index contributed by atoms with van der Waals surface area (Å²) in [5.41, 5.74) is 1.05. The topological polar surface area (TPSA) is 21.3 Å². The van der Waals surface area contributed by atoms with Gasteiger partial charge in [-0.15, -0.1) is 0 Å². The van der Waals surface area contributed by atoms with Crippen LogP contribution in [0.1, 0.15) is 37.8 Å². The van der Waals surface area contributed by atoms with E-state index < -0.39 is 0 Å². The molecule has 0 fully saturated rings. The van der Waals surface area contributed by atoms with Gasteiger partial charge in [0.25, 0.3) is 0 Å². The largest absolute Gasteiger partial charge is 0.496 e. The Hall–Kier alpha value is -0.700. The maximum absolute atomic E-state index is 6.09. The first kappa shape index (κ1) is 14.7. The normalized spacial score (nSPS) is 16.7. The summed E-state index contributed by atoms with van der Waals surface area (Å²) in [5.74, 6) is 0.984. The van der Waals surface area contributed by atoms with Crippen molar-refractivity contribution in [1.29, 1.82) is 0 Å². The number of halogens is 2. The van der Waals surface area contributed by atoms with Crippen LogP contribution in [0.25, 0.3) is 0 Å². The third kappa shape index (κ3) is 4.13. The number of benzene rings is 1. The van der Waals surface area contributed by atoms with E-state index in [1.807, 2.05) is 12.1 Å². The minimum atomic E-state index is 0.0384. The Kier molecular flexibility index (Phi) is 5.56. The number of rotatable bonds is 5. The van der Waals surface area contributed by atoms with Crippen LogP contribution in [0, 0.1) is 0 Å². The van der Waals surface area contributed by atoms with Crippen LogP contribution in [0.4, 0.5) is 0 Å². The third-order valence-corrected chi connectivity index (χ3v) is 3.50. The van der Waals surface area contributed by atoms with Gasteiger partial charge in [-0.05, 0) is 55.6 Å². The Bertz CT molecular complexity index is 439. The van der Waals surface area contributed by atoms with Gasteiger partial charge in [-0.1, -0.05) is 30.1 Å². The summed E-state index contributed by atoms with van der Waals surface area (Å²) in [7, 11) is 0. The standard InChI is InChI=1S/C15H19Cl2NO/c1-2-6-18-15(14-5-3-4-7-19-14)11-8-12(16)10-13(17)9-11/h5,8-10,15,18H,2-4,6-7H2,1H3. The molecule has 1 heterocycles. The molecule has 0 aromatic heterocycles. The highest BCUT2D eigenvalue weighted by molar-refractivity contribution is 6.34. The molecular weight excluding hydrogens is 281 g/mol. The maximum atomic E-state index is 6.09. The first-order valence-electron chi connectivity index (χ1n) is 6.73. The zero-order chi connectivity index (χ0) is 13.7. The smallest absolute Gasteiger partial charge is 0.113 e. The molecule has 104 valence electrons. The molecule has 1 aromatic carbocycles. The summed E-state index contributed by atoms with van der Waals surface area (Å²) in [6.07, 6.45) is 5.37. The summed E-state index contributed by atoms with van der Waals surface area (Å²) in [5, 5.41) is 4.81. The molecule has 1 aliphatic rings. The Morgan fingerprint density at radius 2 is 2.00 bits per heavy atom. The van der Waals surface area contributed by atoms with E-state index in [0.29, 0.717) is 10.0 Å². The van der Waals surface area contributed by atoms with Gasteiger partial charge in [-0.2, -0.15) is 0 Å². The molecule has 1 N–H and O–H groups in total. The zero-order valence-corrected chi connectivity index (χ0v) is 12.6. The van der Waals surface area contributed by atoms with Gasteiger partial charge in [0.05, 0.1) is 12.6 Å². The highest BCUT2D eigenvalue weighted by Gasteiger charge is 2.20. The van der Waals surface area contributed by atoms with Crippen molar-refractivity contribution in [2.24, 2.45) is 0 Å². The van der Waals surface area contributed by atoms with E-state index in [-0.39, 0.29) is 6.04 Å². The molecule has 0 saturated carbocycles. The molecule has 0 spiro atoms. The van der Waals surface area contributed by atoms with E-state index in [1.54, 1.807) is 6.07 Å². The number of allylic oxidation sites excluding steroid dienone is 1. The Morgan fingerprint density at radius 3 is 2.58 bits per heavy atom. The van der Waals surface area contributed by atoms with E-state index >= 15 is 0 Å². The summed E-state index contributed by atoms with van der Waals surface area (Å²) in [6.45, 7) is 3.85. The predicted molar refractivity (Wildman–Crippen MR) is 80.8 cm³/mol. The van der Waals surface area contributed by atoms with Crippen LogP contribution in [0.15, 0.2) is 30.0 Å². The Labute approximate surface area is 124 Å². The number of ether oxygens (including phenoxy) is 1. The highest BCUT2D eigenvalue weighted by atomic mass is 35.5. The summed E-state index contributed by atoms with van der Waals surface area (Å²) < 4.78 is 5.78. The molecule has 19 heavy (non-hydrogen) atoms. The Balaban J connectivity index is 2.27. The second-order valence-corrected chi connectivity index (χ2v) is 5.56. The lowest BCUT2D eigenvalue weighted by molar-refractivity contribution is 0.167. The molecule has 1 atom stereocenters. The summed E-state index contributed by atoms with van der Waals surface area (Å²) >= 11 is 12.2. The van der Waals surface area contributed by atoms with E-state index in [0.717, 1.165) is 43.7 Å². The van der Waals surface area contributed by atoms with Crippen LogP contribution in [0.3, 0.4) is 0 Å². The second kappa shape index (κ2) is 7.18. The van der Waals surface area contributed by atoms with Crippen LogP contribution < -0.4 is 5.32 Å². The molecule has 1 aromatic rings. The van der Waals surface area contributed by atoms with Crippen molar-refractivity contribution in [1.82, 2.24) is 5.32 Å². The van der Waals surface area contributed by atoms with Gasteiger partial charge in [0.2, 0.25) is 0 Å². The minimum absolute atomic E-state index is 0.0384. The van der Waals surface area contributed by atoms with E-state index in [9.17, 15) is 0 Å². The van der Waals surface area contributed by atoms with Crippen molar-refractivity contribution in [3.05, 3.63) is 45.6 Å². The summed E-state index contributed by atoms with van der Waals surface area (Å²) in [4.78, 5) is 0. The lowest BCUT2D eigenvalue weighted by Gasteiger charge is -2.25. The van der Waals surface area contributed by atoms with E-state index in [1.165, 1.54) is 0 Å². The van der Waals surface area contributed by atoms with Gasteiger partial charge in [0.15, 0.2) is 0 Å². The molecule has 1 aliphatic heterocycles. The number of hydrogen-bond donors (Lipinski definition) is 1. The molecule has 0 amide bonds. The van der Waals surface area contributed by atoms with E-state index in [4.69, 9.17) is 27.9 Å². The molecule has 0 radical (unpaired) electrons. The highest BCUT2D eigenvalue weighted by Crippen LogP contribution is 2.30. The van der Waals surface area contributed by atoms with E-state index in [2.05, 4.69) is 18.3 Å². The predicted octanol–water partition coefficient (Wildman–Crippen LogP) is 4.73. The molecule has 0 saturated heterocycles. The van der Waals surface area contributed by atoms with Crippen LogP contribution in [0.5, 0.6) is 0 Å². The molecule has 1 unspecified atom stereocenters. The van der Waals surface area contributed by atoms with Crippen molar-refractivity contribution < 1.29 is 4.74 Å². The number of hydrogen-bond acceptors (Lipinski definition) is 2. The summed E-state index contributed by atoms with van der Waals surface area (Å²) in [6, 6.07) is 5.68. The molecule has 4 heteroatoms. The van der Waals surface area contributed by atoms with Gasteiger partial charge in [-0.25, -0.2) is 0 Å².